The zero-order chi connectivity index (χ0) is 17.9. The summed E-state index contributed by atoms with van der Waals surface area (Å²) in [5.74, 6) is -2.31. The third-order valence-electron chi connectivity index (χ3n) is 5.46. The Bertz CT molecular complexity index is 798. The predicted octanol–water partition coefficient (Wildman–Crippen LogP) is 0.727. The molecule has 25 heavy (non-hydrogen) atoms. The van der Waals surface area contributed by atoms with Crippen LogP contribution in [0.25, 0.3) is 0 Å². The van der Waals surface area contributed by atoms with E-state index in [1.54, 1.807) is 18.2 Å². The molecule has 3 heterocycles. The number of hydrogen-bond acceptors (Lipinski definition) is 5. The number of fused-ring (bicyclic) bond motifs is 4. The van der Waals surface area contributed by atoms with Crippen LogP contribution in [0.4, 0.5) is 5.69 Å². The molecule has 3 aliphatic heterocycles. The molecule has 132 valence electrons. The molecule has 1 aromatic rings. The minimum Gasteiger partial charge on any atom is -0.383 e. The summed E-state index contributed by atoms with van der Waals surface area (Å²) >= 11 is 6.22. The Morgan fingerprint density at radius 3 is 2.76 bits per heavy atom. The van der Waals surface area contributed by atoms with Gasteiger partial charge in [0.2, 0.25) is 17.7 Å². The van der Waals surface area contributed by atoms with Crippen molar-refractivity contribution in [1.29, 1.82) is 0 Å². The highest BCUT2D eigenvalue weighted by Gasteiger charge is 2.69. The summed E-state index contributed by atoms with van der Waals surface area (Å²) in [6.45, 7) is 2.28. The Morgan fingerprint density at radius 1 is 1.28 bits per heavy atom. The van der Waals surface area contributed by atoms with Crippen molar-refractivity contribution in [2.24, 2.45) is 11.8 Å². The van der Waals surface area contributed by atoms with Gasteiger partial charge in [-0.05, 0) is 13.0 Å². The molecule has 0 radical (unpaired) electrons. The van der Waals surface area contributed by atoms with Crippen LogP contribution in [0, 0.1) is 11.8 Å². The van der Waals surface area contributed by atoms with Crippen molar-refractivity contribution >= 4 is 35.0 Å². The average Bonchev–Trinajstić information content (AvgIpc) is 3.13. The molecule has 0 saturated carbocycles. The molecule has 3 amide bonds. The molecular weight excluding hydrogens is 346 g/mol. The molecule has 4 rings (SSSR count). The first-order valence-corrected chi connectivity index (χ1v) is 8.53. The summed E-state index contributed by atoms with van der Waals surface area (Å²) in [5.41, 5.74) is -0.136. The number of para-hydroxylation sites is 1. The Labute approximate surface area is 149 Å². The monoisotopic (exact) mass is 363 g/mol. The number of likely N-dealkylation sites (tertiary alicyclic amines) is 1. The third kappa shape index (κ3) is 1.97. The molecular formula is C17H18ClN3O4. The van der Waals surface area contributed by atoms with E-state index in [0.717, 1.165) is 0 Å². The van der Waals surface area contributed by atoms with Gasteiger partial charge in [0, 0.05) is 18.7 Å². The van der Waals surface area contributed by atoms with Crippen molar-refractivity contribution in [3.8, 4) is 0 Å². The van der Waals surface area contributed by atoms with Gasteiger partial charge in [0.1, 0.15) is 5.54 Å². The fourth-order valence-electron chi connectivity index (χ4n) is 4.42. The molecule has 4 atom stereocenters. The molecule has 0 bridgehead atoms. The van der Waals surface area contributed by atoms with Crippen LogP contribution in [0.3, 0.4) is 0 Å². The number of rotatable bonds is 3. The number of anilines is 1. The summed E-state index contributed by atoms with van der Waals surface area (Å²) in [5, 5.41) is 6.43. The number of hydrogen-bond donors (Lipinski definition) is 2. The molecule has 1 spiro atoms. The molecule has 0 unspecified atom stereocenters. The highest BCUT2D eigenvalue weighted by Crippen LogP contribution is 2.53. The molecule has 2 N–H and O–H groups in total. The highest BCUT2D eigenvalue weighted by atomic mass is 35.5. The van der Waals surface area contributed by atoms with Gasteiger partial charge in [-0.3, -0.25) is 24.6 Å². The van der Waals surface area contributed by atoms with Crippen LogP contribution >= 0.6 is 11.6 Å². The number of amides is 3. The zero-order valence-corrected chi connectivity index (χ0v) is 14.6. The second kappa shape index (κ2) is 5.52. The molecule has 8 heteroatoms. The Morgan fingerprint density at radius 2 is 2.04 bits per heavy atom. The smallest absolute Gasteiger partial charge is 0.250 e. The quantitative estimate of drug-likeness (QED) is 0.773. The van der Waals surface area contributed by atoms with Crippen LogP contribution in [0.5, 0.6) is 0 Å². The summed E-state index contributed by atoms with van der Waals surface area (Å²) in [6, 6.07) is 4.88. The number of nitrogens with zero attached hydrogens (tertiary/aromatic N) is 1. The number of nitrogens with one attached hydrogen (secondary N) is 2. The summed E-state index contributed by atoms with van der Waals surface area (Å²) in [7, 11) is 1.51. The fourth-order valence-corrected chi connectivity index (χ4v) is 4.64. The van der Waals surface area contributed by atoms with Gasteiger partial charge in [-0.15, -0.1) is 0 Å². The second-order valence-corrected chi connectivity index (χ2v) is 7.09. The van der Waals surface area contributed by atoms with E-state index >= 15 is 0 Å². The maximum Gasteiger partial charge on any atom is 0.250 e. The first-order valence-electron chi connectivity index (χ1n) is 8.15. The van der Waals surface area contributed by atoms with Gasteiger partial charge in [0.25, 0.3) is 0 Å². The van der Waals surface area contributed by atoms with E-state index in [4.69, 9.17) is 16.3 Å². The van der Waals surface area contributed by atoms with Gasteiger partial charge in [-0.1, -0.05) is 23.7 Å². The van der Waals surface area contributed by atoms with Crippen molar-refractivity contribution in [2.75, 3.05) is 25.6 Å². The minimum absolute atomic E-state index is 0.188. The molecule has 7 nitrogen and oxygen atoms in total. The number of carbonyl (C=O) groups excluding carboxylic acids is 3. The van der Waals surface area contributed by atoms with Gasteiger partial charge in [-0.25, -0.2) is 0 Å². The van der Waals surface area contributed by atoms with Crippen molar-refractivity contribution in [2.45, 2.75) is 18.5 Å². The van der Waals surface area contributed by atoms with Crippen LogP contribution in [0.1, 0.15) is 12.5 Å². The van der Waals surface area contributed by atoms with E-state index in [0.29, 0.717) is 16.3 Å². The van der Waals surface area contributed by atoms with Crippen molar-refractivity contribution in [3.05, 3.63) is 28.8 Å². The Hall–Kier alpha value is -1.96. The van der Waals surface area contributed by atoms with Crippen LogP contribution in [0.15, 0.2) is 18.2 Å². The normalized spacial score (nSPS) is 33.2. The fraction of sp³-hybridized carbons (Fsp3) is 0.471. The summed E-state index contributed by atoms with van der Waals surface area (Å²) in [4.78, 5) is 40.0. The first kappa shape index (κ1) is 16.5. The van der Waals surface area contributed by atoms with Gasteiger partial charge in [0.15, 0.2) is 0 Å². The van der Waals surface area contributed by atoms with E-state index in [9.17, 15) is 14.4 Å². The molecule has 1 aromatic carbocycles. The van der Waals surface area contributed by atoms with Crippen LogP contribution < -0.4 is 10.6 Å². The molecule has 0 aliphatic carbocycles. The third-order valence-corrected chi connectivity index (χ3v) is 5.77. The minimum atomic E-state index is -1.26. The van der Waals surface area contributed by atoms with E-state index in [1.807, 2.05) is 6.92 Å². The number of carbonyl (C=O) groups is 3. The number of methoxy groups -OCH3 is 1. The predicted molar refractivity (Wildman–Crippen MR) is 89.9 cm³/mol. The molecule has 3 aliphatic rings. The molecule has 2 saturated heterocycles. The SMILES string of the molecule is COCCN1C(=O)[C@@H]2[C@H](C)N[C@]3(C(=O)Nc4c(Cl)cccc43)[C@@H]2C1=O. The summed E-state index contributed by atoms with van der Waals surface area (Å²) < 4.78 is 5.00. The van der Waals surface area contributed by atoms with Gasteiger partial charge in [-0.2, -0.15) is 0 Å². The van der Waals surface area contributed by atoms with Crippen LogP contribution in [-0.2, 0) is 24.7 Å². The van der Waals surface area contributed by atoms with Gasteiger partial charge < -0.3 is 10.1 Å². The standard InChI is InChI=1S/C17H18ClN3O4/c1-8-11-12(15(23)21(14(11)22)6-7-25-2)17(20-8)9-4-3-5-10(18)13(9)19-16(17)24/h3-5,8,11-12,20H,6-7H2,1-2H3,(H,19,24)/t8-,11+,12-,17-/m0/s1. The van der Waals surface area contributed by atoms with E-state index < -0.39 is 17.4 Å². The lowest BCUT2D eigenvalue weighted by atomic mass is 9.76. The lowest BCUT2D eigenvalue weighted by Crippen LogP contribution is -2.53. The highest BCUT2D eigenvalue weighted by molar-refractivity contribution is 6.35. The molecule has 2 fully saturated rings. The maximum atomic E-state index is 13.0. The number of ether oxygens (including phenoxy) is 1. The zero-order valence-electron chi connectivity index (χ0n) is 13.8. The van der Waals surface area contributed by atoms with Crippen molar-refractivity contribution < 1.29 is 19.1 Å². The van der Waals surface area contributed by atoms with Crippen molar-refractivity contribution in [3.63, 3.8) is 0 Å². The van der Waals surface area contributed by atoms with Gasteiger partial charge >= 0.3 is 0 Å². The van der Waals surface area contributed by atoms with E-state index in [2.05, 4.69) is 10.6 Å². The largest absolute Gasteiger partial charge is 0.383 e. The maximum absolute atomic E-state index is 13.0. The van der Waals surface area contributed by atoms with E-state index in [-0.39, 0.29) is 36.9 Å². The van der Waals surface area contributed by atoms with Gasteiger partial charge in [0.05, 0.1) is 35.7 Å². The Balaban J connectivity index is 1.84. The van der Waals surface area contributed by atoms with Crippen LogP contribution in [-0.4, -0.2) is 48.9 Å². The van der Waals surface area contributed by atoms with Crippen molar-refractivity contribution in [1.82, 2.24) is 10.2 Å². The lowest BCUT2D eigenvalue weighted by Gasteiger charge is -2.29. The first-order chi connectivity index (χ1) is 11.9. The second-order valence-electron chi connectivity index (χ2n) is 6.68. The number of imide groups is 1. The topological polar surface area (TPSA) is 87.7 Å². The molecule has 0 aromatic heterocycles. The Kier molecular flexibility index (Phi) is 3.64. The number of benzene rings is 1. The average molecular weight is 364 g/mol. The van der Waals surface area contributed by atoms with Crippen LogP contribution in [0.2, 0.25) is 5.02 Å². The lowest BCUT2D eigenvalue weighted by molar-refractivity contribution is -0.143. The summed E-state index contributed by atoms with van der Waals surface area (Å²) in [6.07, 6.45) is 0. The van der Waals surface area contributed by atoms with E-state index in [1.165, 1.54) is 12.0 Å². The number of halogens is 1.